The van der Waals surface area contributed by atoms with Crippen molar-refractivity contribution in [3.05, 3.63) is 70.3 Å². The van der Waals surface area contributed by atoms with Crippen molar-refractivity contribution in [1.29, 1.82) is 0 Å². The largest absolute Gasteiger partial charge is 0.320 e. The fourth-order valence-corrected chi connectivity index (χ4v) is 2.45. The van der Waals surface area contributed by atoms with Gasteiger partial charge in [0.15, 0.2) is 0 Å². The Bertz CT molecular complexity index is 809. The zero-order chi connectivity index (χ0) is 15.5. The van der Waals surface area contributed by atoms with Crippen LogP contribution in [-0.2, 0) is 0 Å². The van der Waals surface area contributed by atoms with Crippen LogP contribution in [0.25, 0.3) is 11.3 Å². The number of H-pyrrole nitrogens is 1. The molecule has 0 bridgehead atoms. The van der Waals surface area contributed by atoms with E-state index in [-0.39, 0.29) is 5.91 Å². The third-order valence-corrected chi connectivity index (χ3v) is 3.98. The maximum absolute atomic E-state index is 12.3. The van der Waals surface area contributed by atoms with Crippen LogP contribution in [-0.4, -0.2) is 16.1 Å². The molecule has 2 N–H and O–H groups in total. The Kier molecular flexibility index (Phi) is 4.06. The van der Waals surface area contributed by atoms with Crippen LogP contribution in [0.1, 0.15) is 16.1 Å². The lowest BCUT2D eigenvalue weighted by molar-refractivity contribution is 0.102. The lowest BCUT2D eigenvalue weighted by Gasteiger charge is -2.05. The van der Waals surface area contributed by atoms with Gasteiger partial charge in [-0.3, -0.25) is 9.89 Å². The molecule has 5 heteroatoms. The van der Waals surface area contributed by atoms with Crippen molar-refractivity contribution in [3.63, 3.8) is 0 Å². The Balaban J connectivity index is 1.80. The number of carbonyl (C=O) groups is 1. The lowest BCUT2D eigenvalue weighted by atomic mass is 10.1. The summed E-state index contributed by atoms with van der Waals surface area (Å²) in [5.74, 6) is -0.224. The smallest absolute Gasteiger partial charge is 0.273 e. The maximum Gasteiger partial charge on any atom is 0.273 e. The number of carbonyl (C=O) groups excluding carboxylic acids is 1. The quantitative estimate of drug-likeness (QED) is 0.731. The number of benzene rings is 2. The molecule has 2 aromatic carbocycles. The molecular weight excluding hydrogens is 342 g/mol. The number of hydrogen-bond acceptors (Lipinski definition) is 2. The number of nitrogens with zero attached hydrogens (tertiary/aromatic N) is 1. The van der Waals surface area contributed by atoms with Gasteiger partial charge in [-0.2, -0.15) is 5.10 Å². The second-order valence-corrected chi connectivity index (χ2v) is 5.82. The molecule has 22 heavy (non-hydrogen) atoms. The van der Waals surface area contributed by atoms with Gasteiger partial charge in [0, 0.05) is 10.0 Å². The van der Waals surface area contributed by atoms with Crippen molar-refractivity contribution in [2.45, 2.75) is 6.92 Å². The molecule has 0 unspecified atom stereocenters. The Morgan fingerprint density at radius 1 is 1.14 bits per heavy atom. The van der Waals surface area contributed by atoms with Crippen molar-refractivity contribution < 1.29 is 4.79 Å². The second kappa shape index (κ2) is 6.15. The van der Waals surface area contributed by atoms with E-state index in [4.69, 9.17) is 0 Å². The lowest BCUT2D eigenvalue weighted by Crippen LogP contribution is -2.12. The van der Waals surface area contributed by atoms with Gasteiger partial charge in [-0.1, -0.05) is 42.0 Å². The van der Waals surface area contributed by atoms with Gasteiger partial charge in [0.25, 0.3) is 5.91 Å². The number of amides is 1. The normalized spacial score (nSPS) is 10.5. The summed E-state index contributed by atoms with van der Waals surface area (Å²) in [5, 5.41) is 9.83. The van der Waals surface area contributed by atoms with E-state index in [1.165, 1.54) is 5.56 Å². The van der Waals surface area contributed by atoms with Gasteiger partial charge in [-0.05, 0) is 41.1 Å². The van der Waals surface area contributed by atoms with Crippen LogP contribution in [0.2, 0.25) is 0 Å². The number of anilines is 1. The van der Waals surface area contributed by atoms with Crippen LogP contribution in [0.4, 0.5) is 5.69 Å². The van der Waals surface area contributed by atoms with Crippen LogP contribution in [0.15, 0.2) is 59.1 Å². The molecule has 0 fully saturated rings. The summed E-state index contributed by atoms with van der Waals surface area (Å²) in [6, 6.07) is 17.2. The summed E-state index contributed by atoms with van der Waals surface area (Å²) in [7, 11) is 0. The van der Waals surface area contributed by atoms with Crippen LogP contribution < -0.4 is 5.32 Å². The maximum atomic E-state index is 12.3. The Hall–Kier alpha value is -2.40. The van der Waals surface area contributed by atoms with Crippen molar-refractivity contribution in [3.8, 4) is 11.3 Å². The topological polar surface area (TPSA) is 57.8 Å². The number of aryl methyl sites for hydroxylation is 1. The number of nitrogens with one attached hydrogen (secondary N) is 2. The minimum atomic E-state index is -0.224. The summed E-state index contributed by atoms with van der Waals surface area (Å²) in [4.78, 5) is 12.3. The summed E-state index contributed by atoms with van der Waals surface area (Å²) in [5.41, 5.74) is 4.05. The van der Waals surface area contributed by atoms with Gasteiger partial charge in [0.2, 0.25) is 0 Å². The molecule has 0 saturated carbocycles. The molecule has 1 amide bonds. The molecular formula is C17H14BrN3O. The van der Waals surface area contributed by atoms with Gasteiger partial charge >= 0.3 is 0 Å². The predicted molar refractivity (Wildman–Crippen MR) is 90.9 cm³/mol. The van der Waals surface area contributed by atoms with Gasteiger partial charge in [-0.15, -0.1) is 0 Å². The van der Waals surface area contributed by atoms with Crippen molar-refractivity contribution >= 4 is 27.5 Å². The summed E-state index contributed by atoms with van der Waals surface area (Å²) >= 11 is 3.41. The van der Waals surface area contributed by atoms with Gasteiger partial charge < -0.3 is 5.32 Å². The van der Waals surface area contributed by atoms with E-state index in [0.717, 1.165) is 21.4 Å². The first-order chi connectivity index (χ1) is 10.6. The van der Waals surface area contributed by atoms with Crippen LogP contribution in [0.5, 0.6) is 0 Å². The average molecular weight is 356 g/mol. The van der Waals surface area contributed by atoms with E-state index in [2.05, 4.69) is 31.4 Å². The molecule has 1 aromatic heterocycles. The fraction of sp³-hybridized carbons (Fsp3) is 0.0588. The third kappa shape index (κ3) is 3.09. The molecule has 110 valence electrons. The molecule has 0 spiro atoms. The summed E-state index contributed by atoms with van der Waals surface area (Å²) in [6.07, 6.45) is 0. The van der Waals surface area contributed by atoms with Crippen LogP contribution in [0.3, 0.4) is 0 Å². The highest BCUT2D eigenvalue weighted by molar-refractivity contribution is 9.10. The monoisotopic (exact) mass is 355 g/mol. The number of aromatic amines is 1. The van der Waals surface area contributed by atoms with E-state index in [1.54, 1.807) is 6.07 Å². The number of rotatable bonds is 3. The molecule has 0 aliphatic rings. The van der Waals surface area contributed by atoms with Gasteiger partial charge in [-0.25, -0.2) is 0 Å². The average Bonchev–Trinajstić information content (AvgIpc) is 3.00. The standard InChI is InChI=1S/C17H14BrN3O/c1-11-6-8-12(9-7-11)15-10-16(21-20-15)17(22)19-14-5-3-2-4-13(14)18/h2-10H,1H3,(H,19,22)(H,20,21). The number of hydrogen-bond donors (Lipinski definition) is 2. The molecule has 0 aliphatic heterocycles. The molecule has 1 heterocycles. The van der Waals surface area contributed by atoms with E-state index in [9.17, 15) is 4.79 Å². The van der Waals surface area contributed by atoms with E-state index < -0.39 is 0 Å². The first-order valence-corrected chi connectivity index (χ1v) is 7.61. The Morgan fingerprint density at radius 3 is 2.59 bits per heavy atom. The zero-order valence-corrected chi connectivity index (χ0v) is 13.5. The number of aromatic nitrogens is 2. The molecule has 3 aromatic rings. The molecule has 0 atom stereocenters. The SMILES string of the molecule is Cc1ccc(-c2cc(C(=O)Nc3ccccc3Br)[nH]n2)cc1. The summed E-state index contributed by atoms with van der Waals surface area (Å²) in [6.45, 7) is 2.03. The minimum Gasteiger partial charge on any atom is -0.320 e. The molecule has 0 saturated heterocycles. The molecule has 0 radical (unpaired) electrons. The van der Waals surface area contributed by atoms with Crippen molar-refractivity contribution in [2.75, 3.05) is 5.32 Å². The van der Waals surface area contributed by atoms with E-state index >= 15 is 0 Å². The third-order valence-electron chi connectivity index (χ3n) is 3.29. The number of halogens is 1. The number of para-hydroxylation sites is 1. The first-order valence-electron chi connectivity index (χ1n) is 6.82. The Labute approximate surface area is 136 Å². The predicted octanol–water partition coefficient (Wildman–Crippen LogP) is 4.40. The summed E-state index contributed by atoms with van der Waals surface area (Å²) < 4.78 is 0.835. The van der Waals surface area contributed by atoms with Crippen LogP contribution >= 0.6 is 15.9 Å². The Morgan fingerprint density at radius 2 is 1.86 bits per heavy atom. The molecule has 3 rings (SSSR count). The minimum absolute atomic E-state index is 0.224. The van der Waals surface area contributed by atoms with Gasteiger partial charge in [0.1, 0.15) is 5.69 Å². The highest BCUT2D eigenvalue weighted by Gasteiger charge is 2.12. The first kappa shape index (κ1) is 14.5. The van der Waals surface area contributed by atoms with Crippen LogP contribution in [0, 0.1) is 6.92 Å². The zero-order valence-electron chi connectivity index (χ0n) is 11.9. The molecule has 0 aliphatic carbocycles. The van der Waals surface area contributed by atoms with Crippen molar-refractivity contribution in [1.82, 2.24) is 10.2 Å². The highest BCUT2D eigenvalue weighted by atomic mass is 79.9. The van der Waals surface area contributed by atoms with Gasteiger partial charge in [0.05, 0.1) is 11.4 Å². The molecule has 4 nitrogen and oxygen atoms in total. The van der Waals surface area contributed by atoms with E-state index in [0.29, 0.717) is 5.69 Å². The van der Waals surface area contributed by atoms with E-state index in [1.807, 2.05) is 55.5 Å². The fourth-order valence-electron chi connectivity index (χ4n) is 2.06. The highest BCUT2D eigenvalue weighted by Crippen LogP contribution is 2.23. The van der Waals surface area contributed by atoms with Crippen molar-refractivity contribution in [2.24, 2.45) is 0 Å². The second-order valence-electron chi connectivity index (χ2n) is 4.97.